The highest BCUT2D eigenvalue weighted by molar-refractivity contribution is 7.09. The van der Waals surface area contributed by atoms with Gasteiger partial charge >= 0.3 is 5.97 Å². The summed E-state index contributed by atoms with van der Waals surface area (Å²) in [4.78, 5) is 24.6. The van der Waals surface area contributed by atoms with Gasteiger partial charge in [-0.25, -0.2) is 0 Å². The van der Waals surface area contributed by atoms with E-state index in [1.54, 1.807) is 11.3 Å². The van der Waals surface area contributed by atoms with Gasteiger partial charge in [0.25, 0.3) is 5.91 Å². The van der Waals surface area contributed by atoms with Crippen molar-refractivity contribution in [3.05, 3.63) is 52.2 Å². The number of hydrogen-bond donors (Lipinski definition) is 1. The molecule has 0 aliphatic carbocycles. The molecule has 1 amide bonds. The molecule has 1 atom stereocenters. The molecule has 1 aromatic heterocycles. The summed E-state index contributed by atoms with van der Waals surface area (Å²) in [6, 6.07) is 11.7. The number of carbonyl (C=O) groups is 2. The predicted molar refractivity (Wildman–Crippen MR) is 97.4 cm³/mol. The third-order valence-corrected chi connectivity index (χ3v) is 4.83. The summed E-state index contributed by atoms with van der Waals surface area (Å²) in [6.07, 6.45) is 2.01. The minimum Gasteiger partial charge on any atom is -0.456 e. The molecule has 128 valence electrons. The number of rotatable bonds is 8. The van der Waals surface area contributed by atoms with Crippen molar-refractivity contribution in [2.24, 2.45) is 0 Å². The molecule has 0 spiro atoms. The molecular weight excluding hydrogens is 322 g/mol. The second-order valence-electron chi connectivity index (χ2n) is 5.72. The van der Waals surface area contributed by atoms with E-state index < -0.39 is 0 Å². The molecule has 24 heavy (non-hydrogen) atoms. The van der Waals surface area contributed by atoms with Gasteiger partial charge < -0.3 is 10.1 Å². The third kappa shape index (κ3) is 5.81. The highest BCUT2D eigenvalue weighted by Crippen LogP contribution is 2.20. The first-order valence-electron chi connectivity index (χ1n) is 8.16. The highest BCUT2D eigenvalue weighted by Gasteiger charge is 2.09. The van der Waals surface area contributed by atoms with Crippen LogP contribution in [0.25, 0.3) is 0 Å². The molecule has 2 rings (SSSR count). The Morgan fingerprint density at radius 3 is 2.58 bits per heavy atom. The Hall–Kier alpha value is -2.14. The summed E-state index contributed by atoms with van der Waals surface area (Å²) in [5.41, 5.74) is 1.96. The number of hydrogen-bond acceptors (Lipinski definition) is 4. The quantitative estimate of drug-likeness (QED) is 0.723. The lowest BCUT2D eigenvalue weighted by Crippen LogP contribution is -2.21. The third-order valence-electron chi connectivity index (χ3n) is 3.90. The Labute approximate surface area is 146 Å². The van der Waals surface area contributed by atoms with Crippen molar-refractivity contribution < 1.29 is 14.3 Å². The van der Waals surface area contributed by atoms with Gasteiger partial charge in [0, 0.05) is 10.6 Å². The van der Waals surface area contributed by atoms with Gasteiger partial charge in [-0.2, -0.15) is 0 Å². The van der Waals surface area contributed by atoms with Gasteiger partial charge in [-0.3, -0.25) is 9.59 Å². The van der Waals surface area contributed by atoms with Crippen molar-refractivity contribution in [1.29, 1.82) is 0 Å². The molecule has 1 N–H and O–H groups in total. The van der Waals surface area contributed by atoms with Crippen LogP contribution in [0.5, 0.6) is 0 Å². The average molecular weight is 345 g/mol. The molecule has 0 aliphatic rings. The molecule has 0 unspecified atom stereocenters. The summed E-state index contributed by atoms with van der Waals surface area (Å²) in [5, 5.41) is 4.71. The Morgan fingerprint density at radius 2 is 1.96 bits per heavy atom. The van der Waals surface area contributed by atoms with E-state index in [1.807, 2.05) is 41.8 Å². The van der Waals surface area contributed by atoms with Crippen molar-refractivity contribution in [1.82, 2.24) is 0 Å². The first-order valence-corrected chi connectivity index (χ1v) is 9.04. The van der Waals surface area contributed by atoms with Crippen LogP contribution in [0.15, 0.2) is 41.8 Å². The van der Waals surface area contributed by atoms with Crippen molar-refractivity contribution in [2.75, 3.05) is 11.9 Å². The smallest absolute Gasteiger partial charge is 0.306 e. The van der Waals surface area contributed by atoms with E-state index in [0.717, 1.165) is 11.3 Å². The van der Waals surface area contributed by atoms with E-state index >= 15 is 0 Å². The first-order chi connectivity index (χ1) is 11.6. The number of esters is 1. The molecular formula is C19H23NO3S. The van der Waals surface area contributed by atoms with Crippen LogP contribution in [0.2, 0.25) is 0 Å². The minimum atomic E-state index is -0.356. The Balaban J connectivity index is 1.71. The number of nitrogens with one attached hydrogen (secondary N) is 1. The molecule has 2 aromatic rings. The van der Waals surface area contributed by atoms with Crippen LogP contribution >= 0.6 is 11.3 Å². The molecule has 0 saturated heterocycles. The van der Waals surface area contributed by atoms with Gasteiger partial charge in [-0.15, -0.1) is 11.3 Å². The van der Waals surface area contributed by atoms with Gasteiger partial charge in [0.05, 0.1) is 6.42 Å². The highest BCUT2D eigenvalue weighted by atomic mass is 32.1. The summed E-state index contributed by atoms with van der Waals surface area (Å²) >= 11 is 1.61. The lowest BCUT2D eigenvalue weighted by atomic mass is 9.99. The van der Waals surface area contributed by atoms with Crippen LogP contribution in [0.1, 0.15) is 43.0 Å². The number of ether oxygens (including phenoxy) is 1. The maximum atomic E-state index is 11.8. The molecule has 5 heteroatoms. The molecule has 4 nitrogen and oxygen atoms in total. The van der Waals surface area contributed by atoms with Crippen LogP contribution < -0.4 is 5.32 Å². The monoisotopic (exact) mass is 345 g/mol. The van der Waals surface area contributed by atoms with E-state index in [2.05, 4.69) is 19.2 Å². The van der Waals surface area contributed by atoms with Gasteiger partial charge in [0.15, 0.2) is 6.61 Å². The second kappa shape index (κ2) is 9.23. The zero-order valence-electron chi connectivity index (χ0n) is 14.1. The van der Waals surface area contributed by atoms with Crippen LogP contribution in [-0.2, 0) is 20.7 Å². The summed E-state index contributed by atoms with van der Waals surface area (Å²) in [5.74, 6) is -0.180. The molecule has 0 radical (unpaired) electrons. The van der Waals surface area contributed by atoms with Crippen molar-refractivity contribution in [3.8, 4) is 0 Å². The second-order valence-corrected chi connectivity index (χ2v) is 6.75. The fourth-order valence-corrected chi connectivity index (χ4v) is 2.94. The van der Waals surface area contributed by atoms with Crippen LogP contribution in [-0.4, -0.2) is 18.5 Å². The number of carbonyl (C=O) groups excluding carboxylic acids is 2. The van der Waals surface area contributed by atoms with Gasteiger partial charge in [-0.05, 0) is 47.9 Å². The topological polar surface area (TPSA) is 55.4 Å². The van der Waals surface area contributed by atoms with Crippen LogP contribution in [0, 0.1) is 0 Å². The van der Waals surface area contributed by atoms with E-state index in [9.17, 15) is 9.59 Å². The lowest BCUT2D eigenvalue weighted by molar-refractivity contribution is -0.147. The molecule has 0 aliphatic heterocycles. The van der Waals surface area contributed by atoms with Crippen LogP contribution in [0.4, 0.5) is 5.69 Å². The lowest BCUT2D eigenvalue weighted by Gasteiger charge is -2.10. The maximum absolute atomic E-state index is 11.8. The predicted octanol–water partition coefficient (Wildman–Crippen LogP) is 4.38. The average Bonchev–Trinajstić information content (AvgIpc) is 3.11. The van der Waals surface area contributed by atoms with Gasteiger partial charge in [-0.1, -0.05) is 32.0 Å². The minimum absolute atomic E-state index is 0.254. The van der Waals surface area contributed by atoms with Crippen molar-refractivity contribution in [2.45, 2.75) is 39.0 Å². The number of thiophene rings is 1. The van der Waals surface area contributed by atoms with E-state index in [0.29, 0.717) is 18.0 Å². The van der Waals surface area contributed by atoms with Crippen molar-refractivity contribution >= 4 is 28.9 Å². The Morgan fingerprint density at radius 1 is 1.21 bits per heavy atom. The zero-order chi connectivity index (χ0) is 17.4. The maximum Gasteiger partial charge on any atom is 0.306 e. The van der Waals surface area contributed by atoms with Crippen LogP contribution in [0.3, 0.4) is 0 Å². The fraction of sp³-hybridized carbons (Fsp3) is 0.368. The normalized spacial score (nSPS) is 11.8. The summed E-state index contributed by atoms with van der Waals surface area (Å²) in [6.45, 7) is 4.06. The Kier molecular flexibility index (Phi) is 7.00. The molecule has 1 aromatic carbocycles. The van der Waals surface area contributed by atoms with E-state index in [1.165, 1.54) is 5.56 Å². The van der Waals surface area contributed by atoms with Crippen molar-refractivity contribution in [3.63, 3.8) is 0 Å². The molecule has 0 saturated carbocycles. The fourth-order valence-electron chi connectivity index (χ4n) is 2.23. The molecule has 0 bridgehead atoms. The van der Waals surface area contributed by atoms with Gasteiger partial charge in [0.1, 0.15) is 0 Å². The van der Waals surface area contributed by atoms with E-state index in [4.69, 9.17) is 4.74 Å². The summed E-state index contributed by atoms with van der Waals surface area (Å²) < 4.78 is 5.01. The zero-order valence-corrected chi connectivity index (χ0v) is 14.9. The molecule has 1 heterocycles. The number of anilines is 1. The van der Waals surface area contributed by atoms with E-state index in [-0.39, 0.29) is 24.9 Å². The van der Waals surface area contributed by atoms with Gasteiger partial charge in [0.2, 0.25) is 0 Å². The standard InChI is InChI=1S/C19H23NO3S/c1-3-14(2)15-6-8-16(9-7-15)20-18(21)13-23-19(22)11-10-17-5-4-12-24-17/h4-9,12,14H,3,10-11,13H2,1-2H3,(H,20,21)/t14-/m0/s1. The molecule has 0 fully saturated rings. The number of amides is 1. The number of aryl methyl sites for hydroxylation is 1. The summed E-state index contributed by atoms with van der Waals surface area (Å²) in [7, 11) is 0. The SMILES string of the molecule is CC[C@H](C)c1ccc(NC(=O)COC(=O)CCc2cccs2)cc1. The number of benzene rings is 1. The Bertz CT molecular complexity index is 650. The largest absolute Gasteiger partial charge is 0.456 e. The first kappa shape index (κ1) is 18.2.